The van der Waals surface area contributed by atoms with Crippen LogP contribution in [0.1, 0.15) is 5.56 Å². The smallest absolute Gasteiger partial charge is 0 e. The molecule has 0 atom stereocenters. The standard InChI is InChI=1S/C24H14NO2.C14H16GeN.Ir/c1-14-6-4-8-17-19-13-25-20(12-22(19)27-23(14)17)18-10-5-9-16-15-7-2-3-11-21(15)26-24(16)18;1-15(2,3)13-9-10-14(16-11-13)12-7-5-4-6-8-12;/h2-9,11-13H,1H3;4-7,9-11H,1-3H3;/q2*-1;. The van der Waals surface area contributed by atoms with Crippen molar-refractivity contribution in [3.8, 4) is 22.5 Å². The first-order chi connectivity index (χ1) is 20.9. The molecule has 1 radical (unpaired) electrons. The van der Waals surface area contributed by atoms with Gasteiger partial charge in [-0.3, -0.25) is 0 Å². The molecule has 4 nitrogen and oxygen atoms in total. The van der Waals surface area contributed by atoms with Crippen LogP contribution in [0.4, 0.5) is 0 Å². The van der Waals surface area contributed by atoms with E-state index in [9.17, 15) is 0 Å². The molecule has 4 heterocycles. The van der Waals surface area contributed by atoms with E-state index in [4.69, 9.17) is 13.8 Å². The van der Waals surface area contributed by atoms with Gasteiger partial charge in [-0.25, -0.2) is 0 Å². The Labute approximate surface area is 272 Å². The molecule has 0 spiro atoms. The zero-order valence-corrected chi connectivity index (χ0v) is 29.4. The molecule has 0 unspecified atom stereocenters. The molecule has 0 saturated carbocycles. The first-order valence-corrected chi connectivity index (χ1v) is 21.7. The fraction of sp³-hybridized carbons (Fsp3) is 0.105. The van der Waals surface area contributed by atoms with Gasteiger partial charge in [-0.2, -0.15) is 0 Å². The number of hydrogen-bond acceptors (Lipinski definition) is 4. The van der Waals surface area contributed by atoms with Gasteiger partial charge in [0.2, 0.25) is 0 Å². The first kappa shape index (κ1) is 30.0. The Morgan fingerprint density at radius 2 is 1.36 bits per heavy atom. The second kappa shape index (κ2) is 12.2. The maximum atomic E-state index is 6.13. The number of aryl methyl sites for hydroxylation is 1. The Bertz CT molecular complexity index is 2230. The van der Waals surface area contributed by atoms with Crippen LogP contribution in [0.2, 0.25) is 17.3 Å². The molecule has 4 aromatic heterocycles. The summed E-state index contributed by atoms with van der Waals surface area (Å²) in [5.74, 6) is 7.14. The van der Waals surface area contributed by atoms with Crippen molar-refractivity contribution in [3.05, 3.63) is 127 Å². The largest absolute Gasteiger partial charge is 0 e. The third kappa shape index (κ3) is 5.64. The summed E-state index contributed by atoms with van der Waals surface area (Å²) in [6.07, 6.45) is 3.92. The van der Waals surface area contributed by atoms with Gasteiger partial charge in [0.15, 0.2) is 0 Å². The van der Waals surface area contributed by atoms with Crippen LogP contribution in [0.3, 0.4) is 0 Å². The van der Waals surface area contributed by atoms with Crippen LogP contribution in [0.25, 0.3) is 66.4 Å². The monoisotopic (exact) mass is 813 g/mol. The van der Waals surface area contributed by atoms with Crippen LogP contribution in [-0.2, 0) is 20.1 Å². The molecule has 0 aliphatic carbocycles. The zero-order valence-electron chi connectivity index (χ0n) is 24.9. The van der Waals surface area contributed by atoms with Gasteiger partial charge in [0, 0.05) is 42.5 Å². The fourth-order valence-corrected chi connectivity index (χ4v) is 7.57. The molecular formula is C38H30GeIrN2O2-2. The van der Waals surface area contributed by atoms with Crippen molar-refractivity contribution in [1.82, 2.24) is 9.97 Å². The number of rotatable bonds is 3. The maximum absolute atomic E-state index is 6.13. The zero-order chi connectivity index (χ0) is 29.6. The van der Waals surface area contributed by atoms with E-state index in [0.717, 1.165) is 72.0 Å². The summed E-state index contributed by atoms with van der Waals surface area (Å²) in [5.41, 5.74) is 8.25. The Hall–Kier alpha value is -4.03. The summed E-state index contributed by atoms with van der Waals surface area (Å²) in [4.78, 5) is 9.23. The third-order valence-electron chi connectivity index (χ3n) is 7.79. The average Bonchev–Trinajstić information content (AvgIpc) is 3.60. The number of pyridine rings is 2. The summed E-state index contributed by atoms with van der Waals surface area (Å²) in [5, 5.41) is 4.29. The molecule has 0 fully saturated rings. The van der Waals surface area contributed by atoms with Crippen molar-refractivity contribution >= 4 is 61.5 Å². The predicted octanol–water partition coefficient (Wildman–Crippen LogP) is 9.75. The molecule has 0 saturated heterocycles. The van der Waals surface area contributed by atoms with Gasteiger partial charge in [0.05, 0.1) is 5.58 Å². The number of hydrogen-bond donors (Lipinski definition) is 0. The van der Waals surface area contributed by atoms with Crippen molar-refractivity contribution in [1.29, 1.82) is 0 Å². The summed E-state index contributed by atoms with van der Waals surface area (Å²) >= 11 is -1.72. The molecule has 0 aliphatic heterocycles. The quantitative estimate of drug-likeness (QED) is 0.132. The summed E-state index contributed by atoms with van der Waals surface area (Å²) in [6.45, 7) is 2.06. The number of furan rings is 2. The third-order valence-corrected chi connectivity index (χ3v) is 12.0. The molecule has 44 heavy (non-hydrogen) atoms. The number of fused-ring (bicyclic) bond motifs is 6. The van der Waals surface area contributed by atoms with Gasteiger partial charge in [0.1, 0.15) is 16.7 Å². The number of benzene rings is 4. The molecule has 8 rings (SSSR count). The fourth-order valence-electron chi connectivity index (χ4n) is 5.40. The second-order valence-electron chi connectivity index (χ2n) is 11.8. The van der Waals surface area contributed by atoms with Crippen LogP contribution >= 0.6 is 0 Å². The van der Waals surface area contributed by atoms with E-state index < -0.39 is 13.3 Å². The summed E-state index contributed by atoms with van der Waals surface area (Å²) in [7, 11) is 0. The van der Waals surface area contributed by atoms with Gasteiger partial charge < -0.3 is 13.8 Å². The molecule has 6 heteroatoms. The maximum Gasteiger partial charge on any atom is 0 e. The molecule has 0 bridgehead atoms. The van der Waals surface area contributed by atoms with Gasteiger partial charge in [-0.1, -0.05) is 47.3 Å². The van der Waals surface area contributed by atoms with Crippen molar-refractivity contribution < 1.29 is 28.9 Å². The van der Waals surface area contributed by atoms with Crippen LogP contribution < -0.4 is 4.40 Å². The molecule has 4 aromatic carbocycles. The Morgan fingerprint density at radius 3 is 2.14 bits per heavy atom. The van der Waals surface area contributed by atoms with E-state index in [2.05, 4.69) is 71.6 Å². The van der Waals surface area contributed by atoms with Crippen molar-refractivity contribution in [3.63, 3.8) is 0 Å². The van der Waals surface area contributed by atoms with Gasteiger partial charge in [-0.05, 0) is 30.3 Å². The molecule has 219 valence electrons. The first-order valence-electron chi connectivity index (χ1n) is 14.4. The minimum Gasteiger partial charge on any atom is 0 e. The Morgan fingerprint density at radius 1 is 0.614 bits per heavy atom. The predicted molar refractivity (Wildman–Crippen MR) is 179 cm³/mol. The SMILES string of the molecule is Cc1cccc2c1oc1cc(-c3[c-]ccc4c3oc3ccccc34)ncc12.[CH3][Ge]([CH3])([CH3])[c]1ccc(-c2[c-]cccc2)nc1.[Ir]. The van der Waals surface area contributed by atoms with E-state index in [-0.39, 0.29) is 20.1 Å². The topological polar surface area (TPSA) is 52.1 Å². The Balaban J connectivity index is 0.000000174. The van der Waals surface area contributed by atoms with Gasteiger partial charge in [0.25, 0.3) is 0 Å². The second-order valence-corrected chi connectivity index (χ2v) is 22.4. The normalized spacial score (nSPS) is 11.5. The molecule has 0 amide bonds. The Kier molecular flexibility index (Phi) is 8.30. The van der Waals surface area contributed by atoms with Crippen molar-refractivity contribution in [2.24, 2.45) is 0 Å². The number of aromatic nitrogens is 2. The number of para-hydroxylation sites is 2. The summed E-state index contributed by atoms with van der Waals surface area (Å²) < 4.78 is 13.7. The van der Waals surface area contributed by atoms with E-state index in [1.807, 2.05) is 79.1 Å². The number of nitrogens with zero attached hydrogens (tertiary/aromatic N) is 2. The van der Waals surface area contributed by atoms with Crippen LogP contribution in [0.15, 0.2) is 118 Å². The van der Waals surface area contributed by atoms with Gasteiger partial charge >= 0.3 is 99.8 Å². The van der Waals surface area contributed by atoms with E-state index in [0.29, 0.717) is 0 Å². The minimum atomic E-state index is -1.72. The van der Waals surface area contributed by atoms with Gasteiger partial charge in [-0.15, -0.1) is 18.2 Å². The van der Waals surface area contributed by atoms with Crippen LogP contribution in [0.5, 0.6) is 0 Å². The van der Waals surface area contributed by atoms with Crippen LogP contribution in [0, 0.1) is 19.1 Å². The summed E-state index contributed by atoms with van der Waals surface area (Å²) in [6, 6.07) is 39.0. The van der Waals surface area contributed by atoms with E-state index in [1.165, 1.54) is 4.40 Å². The van der Waals surface area contributed by atoms with Crippen molar-refractivity contribution in [2.45, 2.75) is 24.2 Å². The molecule has 8 aromatic rings. The molecular weight excluding hydrogens is 781 g/mol. The average molecular weight is 811 g/mol. The van der Waals surface area contributed by atoms with E-state index in [1.54, 1.807) is 0 Å². The molecule has 0 aliphatic rings. The minimum absolute atomic E-state index is 0. The van der Waals surface area contributed by atoms with Crippen molar-refractivity contribution in [2.75, 3.05) is 0 Å². The van der Waals surface area contributed by atoms with E-state index >= 15 is 0 Å². The molecule has 0 N–H and O–H groups in total. The van der Waals surface area contributed by atoms with Crippen LogP contribution in [-0.4, -0.2) is 23.2 Å².